The largest absolute Gasteiger partial charge is 0.267 e. The second-order valence-electron chi connectivity index (χ2n) is 4.75. The van der Waals surface area contributed by atoms with Crippen LogP contribution in [0.4, 0.5) is 10.2 Å². The van der Waals surface area contributed by atoms with E-state index in [1.807, 2.05) is 0 Å². The molecule has 6 nitrogen and oxygen atoms in total. The molecule has 0 saturated carbocycles. The van der Waals surface area contributed by atoms with Crippen molar-refractivity contribution in [3.05, 3.63) is 35.0 Å². The van der Waals surface area contributed by atoms with Crippen molar-refractivity contribution >= 4 is 27.4 Å². The maximum atomic E-state index is 13.0. The number of nitrogens with one attached hydrogen (secondary N) is 1. The number of nitrogens with zero attached hydrogens (tertiary/aromatic N) is 3. The highest BCUT2D eigenvalue weighted by atomic mass is 35.5. The highest BCUT2D eigenvalue weighted by molar-refractivity contribution is 7.92. The fourth-order valence-corrected chi connectivity index (χ4v) is 3.40. The van der Waals surface area contributed by atoms with Crippen LogP contribution >= 0.6 is 11.6 Å². The molecule has 3 heterocycles. The van der Waals surface area contributed by atoms with Crippen molar-refractivity contribution < 1.29 is 12.8 Å². The highest BCUT2D eigenvalue weighted by Gasteiger charge is 2.20. The van der Waals surface area contributed by atoms with Crippen molar-refractivity contribution in [2.45, 2.75) is 30.7 Å². The molecular weight excluding hydrogens is 319 g/mol. The summed E-state index contributed by atoms with van der Waals surface area (Å²) >= 11 is 5.56. The SMILES string of the molecule is O=S(=O)(Nc1cc2n(n1)CCCC2)c1cnc(F)c(Cl)c1. The van der Waals surface area contributed by atoms with Crippen LogP contribution in [0.1, 0.15) is 18.5 Å². The fourth-order valence-electron chi connectivity index (χ4n) is 2.22. The number of aryl methyl sites for hydroxylation is 2. The van der Waals surface area contributed by atoms with Crippen LogP contribution in [0.3, 0.4) is 0 Å². The van der Waals surface area contributed by atoms with Crippen molar-refractivity contribution in [2.24, 2.45) is 0 Å². The standard InChI is InChI=1S/C12H12ClFN4O2S/c13-10-6-9(7-15-12(10)14)21(19,20)17-11-5-8-3-1-2-4-18(8)16-11/h5-7H,1-4H2,(H,16,17). The molecule has 0 bridgehead atoms. The first kappa shape index (κ1) is 14.3. The fraction of sp³-hybridized carbons (Fsp3) is 0.333. The summed E-state index contributed by atoms with van der Waals surface area (Å²) in [6.45, 7) is 0.779. The van der Waals surface area contributed by atoms with E-state index in [0.29, 0.717) is 0 Å². The molecule has 0 aliphatic carbocycles. The van der Waals surface area contributed by atoms with Gasteiger partial charge in [-0.15, -0.1) is 0 Å². The maximum Gasteiger partial charge on any atom is 0.264 e. The molecule has 3 rings (SSSR count). The van der Waals surface area contributed by atoms with E-state index >= 15 is 0 Å². The molecule has 0 aromatic carbocycles. The van der Waals surface area contributed by atoms with Gasteiger partial charge in [-0.05, 0) is 25.3 Å². The molecule has 0 spiro atoms. The molecule has 1 N–H and O–H groups in total. The Morgan fingerprint density at radius 2 is 2.14 bits per heavy atom. The Bertz CT molecular complexity index is 767. The Labute approximate surface area is 126 Å². The van der Waals surface area contributed by atoms with Crippen LogP contribution in [-0.2, 0) is 23.0 Å². The van der Waals surface area contributed by atoms with E-state index in [0.717, 1.165) is 43.8 Å². The molecule has 2 aromatic heterocycles. The Morgan fingerprint density at radius 1 is 1.33 bits per heavy atom. The second-order valence-corrected chi connectivity index (χ2v) is 6.84. The van der Waals surface area contributed by atoms with E-state index in [-0.39, 0.29) is 15.7 Å². The molecule has 0 amide bonds. The third kappa shape index (κ3) is 2.86. The molecule has 0 saturated heterocycles. The van der Waals surface area contributed by atoms with Gasteiger partial charge in [0.15, 0.2) is 5.82 Å². The van der Waals surface area contributed by atoms with Crippen LogP contribution in [0.2, 0.25) is 5.02 Å². The van der Waals surface area contributed by atoms with E-state index in [9.17, 15) is 12.8 Å². The molecular formula is C12H12ClFN4O2S. The number of hydrogen-bond donors (Lipinski definition) is 1. The van der Waals surface area contributed by atoms with E-state index in [4.69, 9.17) is 11.6 Å². The van der Waals surface area contributed by atoms with E-state index in [1.54, 1.807) is 10.7 Å². The predicted octanol–water partition coefficient (Wildman–Crippen LogP) is 2.21. The van der Waals surface area contributed by atoms with Crippen molar-refractivity contribution in [3.8, 4) is 0 Å². The summed E-state index contributed by atoms with van der Waals surface area (Å²) in [7, 11) is -3.89. The van der Waals surface area contributed by atoms with Crippen LogP contribution in [-0.4, -0.2) is 23.2 Å². The van der Waals surface area contributed by atoms with Gasteiger partial charge in [-0.25, -0.2) is 13.4 Å². The third-order valence-corrected chi connectivity index (χ3v) is 4.82. The van der Waals surface area contributed by atoms with Crippen LogP contribution in [0.5, 0.6) is 0 Å². The molecule has 0 fully saturated rings. The Kier molecular flexibility index (Phi) is 3.58. The summed E-state index contributed by atoms with van der Waals surface area (Å²) in [5.74, 6) is -0.666. The van der Waals surface area contributed by atoms with Gasteiger partial charge in [-0.1, -0.05) is 11.6 Å². The molecule has 21 heavy (non-hydrogen) atoms. The van der Waals surface area contributed by atoms with Gasteiger partial charge in [0.1, 0.15) is 4.90 Å². The van der Waals surface area contributed by atoms with E-state index < -0.39 is 16.0 Å². The van der Waals surface area contributed by atoms with Gasteiger partial charge in [0.25, 0.3) is 10.0 Å². The zero-order valence-electron chi connectivity index (χ0n) is 10.9. The zero-order chi connectivity index (χ0) is 15.0. The van der Waals surface area contributed by atoms with Crippen molar-refractivity contribution in [3.63, 3.8) is 0 Å². The van der Waals surface area contributed by atoms with Crippen molar-refractivity contribution in [2.75, 3.05) is 4.72 Å². The summed E-state index contributed by atoms with van der Waals surface area (Å²) < 4.78 is 41.5. The van der Waals surface area contributed by atoms with Crippen LogP contribution in [0.15, 0.2) is 23.2 Å². The number of aromatic nitrogens is 3. The minimum Gasteiger partial charge on any atom is -0.267 e. The number of hydrogen-bond acceptors (Lipinski definition) is 4. The molecule has 0 atom stereocenters. The van der Waals surface area contributed by atoms with Gasteiger partial charge in [-0.3, -0.25) is 9.40 Å². The molecule has 0 radical (unpaired) electrons. The molecule has 112 valence electrons. The number of sulfonamides is 1. The summed E-state index contributed by atoms with van der Waals surface area (Å²) in [6, 6.07) is 2.72. The van der Waals surface area contributed by atoms with Gasteiger partial charge in [-0.2, -0.15) is 9.49 Å². The van der Waals surface area contributed by atoms with Gasteiger partial charge < -0.3 is 0 Å². The predicted molar refractivity (Wildman–Crippen MR) is 75.2 cm³/mol. The van der Waals surface area contributed by atoms with E-state index in [2.05, 4.69) is 14.8 Å². The first-order valence-corrected chi connectivity index (χ1v) is 8.22. The lowest BCUT2D eigenvalue weighted by Crippen LogP contribution is -2.15. The Morgan fingerprint density at radius 3 is 2.86 bits per heavy atom. The Balaban J connectivity index is 1.88. The third-order valence-electron chi connectivity index (χ3n) is 3.24. The quantitative estimate of drug-likeness (QED) is 0.875. The molecule has 1 aliphatic heterocycles. The average Bonchev–Trinajstić information content (AvgIpc) is 2.82. The van der Waals surface area contributed by atoms with Crippen LogP contribution in [0.25, 0.3) is 0 Å². The molecule has 9 heteroatoms. The first-order chi connectivity index (χ1) is 9.95. The van der Waals surface area contributed by atoms with Crippen molar-refractivity contribution in [1.29, 1.82) is 0 Å². The van der Waals surface area contributed by atoms with Gasteiger partial charge in [0.05, 0.1) is 11.2 Å². The summed E-state index contributed by atoms with van der Waals surface area (Å²) in [4.78, 5) is 3.10. The monoisotopic (exact) mass is 330 g/mol. The highest BCUT2D eigenvalue weighted by Crippen LogP contribution is 2.22. The normalized spacial score (nSPS) is 14.8. The van der Waals surface area contributed by atoms with Gasteiger partial charge in [0, 0.05) is 18.3 Å². The van der Waals surface area contributed by atoms with Crippen LogP contribution in [0, 0.1) is 5.95 Å². The number of pyridine rings is 1. The van der Waals surface area contributed by atoms with Crippen molar-refractivity contribution in [1.82, 2.24) is 14.8 Å². The van der Waals surface area contributed by atoms with Gasteiger partial charge >= 0.3 is 0 Å². The lowest BCUT2D eigenvalue weighted by atomic mass is 10.1. The lowest BCUT2D eigenvalue weighted by Gasteiger charge is -2.11. The summed E-state index contributed by atoms with van der Waals surface area (Å²) in [6.07, 6.45) is 3.88. The minimum atomic E-state index is -3.89. The second kappa shape index (κ2) is 5.27. The summed E-state index contributed by atoms with van der Waals surface area (Å²) in [5.41, 5.74) is 0.995. The number of fused-ring (bicyclic) bond motifs is 1. The maximum absolute atomic E-state index is 13.0. The number of anilines is 1. The Hall–Kier alpha value is -1.67. The van der Waals surface area contributed by atoms with Gasteiger partial charge in [0.2, 0.25) is 5.95 Å². The lowest BCUT2D eigenvalue weighted by molar-refractivity contribution is 0.487. The van der Waals surface area contributed by atoms with Crippen LogP contribution < -0.4 is 4.72 Å². The van der Waals surface area contributed by atoms with E-state index in [1.165, 1.54) is 0 Å². The topological polar surface area (TPSA) is 76.9 Å². The number of halogens is 2. The first-order valence-electron chi connectivity index (χ1n) is 6.36. The smallest absolute Gasteiger partial charge is 0.264 e. The summed E-state index contributed by atoms with van der Waals surface area (Å²) in [5, 5.41) is 3.86. The average molecular weight is 331 g/mol. The molecule has 1 aliphatic rings. The molecule has 0 unspecified atom stereocenters. The zero-order valence-corrected chi connectivity index (χ0v) is 12.5. The number of rotatable bonds is 3. The minimum absolute atomic E-state index is 0.208. The molecule has 2 aromatic rings.